The van der Waals surface area contributed by atoms with Crippen molar-refractivity contribution in [2.24, 2.45) is 5.10 Å². The van der Waals surface area contributed by atoms with E-state index in [1.807, 2.05) is 76.7 Å². The molecule has 0 aliphatic carbocycles. The average Bonchev–Trinajstić information content (AvgIpc) is 3.18. The molecule has 1 saturated heterocycles. The molecule has 1 aliphatic heterocycles. The Morgan fingerprint density at radius 3 is 2.48 bits per heavy atom. The van der Waals surface area contributed by atoms with Gasteiger partial charge >= 0.3 is 0 Å². The van der Waals surface area contributed by atoms with Crippen molar-refractivity contribution in [3.63, 3.8) is 0 Å². The third-order valence-electron chi connectivity index (χ3n) is 4.47. The van der Waals surface area contributed by atoms with Gasteiger partial charge in [0.05, 0.1) is 45.3 Å². The number of benzene rings is 2. The van der Waals surface area contributed by atoms with Crippen LogP contribution in [0.15, 0.2) is 65.9 Å². The predicted octanol–water partition coefficient (Wildman–Crippen LogP) is 3.21. The molecule has 27 heavy (non-hydrogen) atoms. The summed E-state index contributed by atoms with van der Waals surface area (Å²) in [5, 5.41) is 11.5. The fraction of sp³-hybridized carbons (Fsp3) is 0.238. The highest BCUT2D eigenvalue weighted by Crippen LogP contribution is 2.25. The van der Waals surface area contributed by atoms with Crippen molar-refractivity contribution in [1.82, 2.24) is 14.8 Å². The number of para-hydroxylation sites is 1. The summed E-state index contributed by atoms with van der Waals surface area (Å²) in [6.07, 6.45) is 3.90. The Labute approximate surface area is 158 Å². The van der Waals surface area contributed by atoms with Crippen molar-refractivity contribution in [3.8, 4) is 22.7 Å². The van der Waals surface area contributed by atoms with E-state index in [2.05, 4.69) is 5.10 Å². The average molecular weight is 362 g/mol. The number of hydrogen-bond acceptors (Lipinski definition) is 5. The lowest BCUT2D eigenvalue weighted by atomic mass is 10.1. The highest BCUT2D eigenvalue weighted by molar-refractivity contribution is 5.88. The molecule has 0 spiro atoms. The van der Waals surface area contributed by atoms with E-state index in [0.29, 0.717) is 13.2 Å². The second kappa shape index (κ2) is 8.05. The molecule has 0 atom stereocenters. The fourth-order valence-corrected chi connectivity index (χ4v) is 2.98. The first-order valence-electron chi connectivity index (χ1n) is 9.00. The molecule has 4 rings (SSSR count). The number of hydrogen-bond donors (Lipinski definition) is 0. The first-order chi connectivity index (χ1) is 13.3. The molecule has 2 aromatic carbocycles. The van der Waals surface area contributed by atoms with Gasteiger partial charge in [0.1, 0.15) is 11.4 Å². The second-order valence-electron chi connectivity index (χ2n) is 6.25. The second-order valence-corrected chi connectivity index (χ2v) is 6.25. The van der Waals surface area contributed by atoms with Crippen LogP contribution in [0.4, 0.5) is 0 Å². The maximum Gasteiger partial charge on any atom is 0.118 e. The van der Waals surface area contributed by atoms with Gasteiger partial charge in [0, 0.05) is 17.3 Å². The van der Waals surface area contributed by atoms with Crippen LogP contribution in [0.2, 0.25) is 0 Å². The zero-order chi connectivity index (χ0) is 18.5. The van der Waals surface area contributed by atoms with Gasteiger partial charge in [0.25, 0.3) is 0 Å². The van der Waals surface area contributed by atoms with Crippen molar-refractivity contribution < 1.29 is 9.47 Å². The molecule has 0 N–H and O–H groups in total. The number of rotatable bonds is 5. The van der Waals surface area contributed by atoms with Crippen LogP contribution in [0.3, 0.4) is 0 Å². The number of hydrazone groups is 1. The van der Waals surface area contributed by atoms with E-state index in [-0.39, 0.29) is 0 Å². The van der Waals surface area contributed by atoms with E-state index < -0.39 is 0 Å². The standard InChI is InChI=1S/C21H22N4O2/c1-26-20-9-7-17(8-10-20)21-18(15-22-24-11-13-27-14-12-24)16-25(23-21)19-5-3-2-4-6-19/h2-10,15-16H,11-14H2,1H3. The maximum atomic E-state index is 5.38. The van der Waals surface area contributed by atoms with E-state index in [1.165, 1.54) is 0 Å². The highest BCUT2D eigenvalue weighted by atomic mass is 16.5. The number of nitrogens with zero attached hydrogens (tertiary/aromatic N) is 4. The first kappa shape index (κ1) is 17.3. The van der Waals surface area contributed by atoms with Crippen molar-refractivity contribution >= 4 is 6.21 Å². The summed E-state index contributed by atoms with van der Waals surface area (Å²) in [6.45, 7) is 3.04. The molecule has 0 radical (unpaired) electrons. The summed E-state index contributed by atoms with van der Waals surface area (Å²) >= 11 is 0. The summed E-state index contributed by atoms with van der Waals surface area (Å²) in [4.78, 5) is 0. The molecule has 138 valence electrons. The molecule has 0 saturated carbocycles. The lowest BCUT2D eigenvalue weighted by molar-refractivity contribution is 0.0397. The predicted molar refractivity (Wildman–Crippen MR) is 106 cm³/mol. The molecule has 2 heterocycles. The third kappa shape index (κ3) is 4.01. The monoisotopic (exact) mass is 362 g/mol. The minimum Gasteiger partial charge on any atom is -0.497 e. The molecule has 0 amide bonds. The van der Waals surface area contributed by atoms with Gasteiger partial charge in [0.15, 0.2) is 0 Å². The first-order valence-corrected chi connectivity index (χ1v) is 9.00. The topological polar surface area (TPSA) is 51.9 Å². The molecule has 6 heteroatoms. The van der Waals surface area contributed by atoms with Crippen LogP contribution in [0.25, 0.3) is 16.9 Å². The zero-order valence-corrected chi connectivity index (χ0v) is 15.3. The SMILES string of the molecule is COc1ccc(-c2nn(-c3ccccc3)cc2C=NN2CCOCC2)cc1. The molecular weight excluding hydrogens is 340 g/mol. The summed E-state index contributed by atoms with van der Waals surface area (Å²) in [6, 6.07) is 18.0. The maximum absolute atomic E-state index is 5.38. The van der Waals surface area contributed by atoms with Gasteiger partial charge in [-0.15, -0.1) is 0 Å². The largest absolute Gasteiger partial charge is 0.497 e. The van der Waals surface area contributed by atoms with Gasteiger partial charge in [-0.1, -0.05) is 18.2 Å². The fourth-order valence-electron chi connectivity index (χ4n) is 2.98. The zero-order valence-electron chi connectivity index (χ0n) is 15.3. The van der Waals surface area contributed by atoms with Crippen molar-refractivity contribution in [2.45, 2.75) is 0 Å². The van der Waals surface area contributed by atoms with E-state index >= 15 is 0 Å². The van der Waals surface area contributed by atoms with Gasteiger partial charge in [0.2, 0.25) is 0 Å². The lowest BCUT2D eigenvalue weighted by Gasteiger charge is -2.23. The Kier molecular flexibility index (Phi) is 5.16. The Morgan fingerprint density at radius 1 is 1.04 bits per heavy atom. The van der Waals surface area contributed by atoms with Gasteiger partial charge in [-0.05, 0) is 36.4 Å². The lowest BCUT2D eigenvalue weighted by Crippen LogP contribution is -2.32. The highest BCUT2D eigenvalue weighted by Gasteiger charge is 2.13. The third-order valence-corrected chi connectivity index (χ3v) is 4.47. The number of aromatic nitrogens is 2. The van der Waals surface area contributed by atoms with Crippen molar-refractivity contribution in [2.75, 3.05) is 33.4 Å². The van der Waals surface area contributed by atoms with Crippen LogP contribution < -0.4 is 4.74 Å². The molecule has 3 aromatic rings. The van der Waals surface area contributed by atoms with E-state index in [0.717, 1.165) is 41.3 Å². The Balaban J connectivity index is 1.70. The van der Waals surface area contributed by atoms with Crippen LogP contribution in [0.5, 0.6) is 5.75 Å². The molecule has 6 nitrogen and oxygen atoms in total. The summed E-state index contributed by atoms with van der Waals surface area (Å²) in [7, 11) is 1.67. The van der Waals surface area contributed by atoms with Crippen LogP contribution in [0.1, 0.15) is 5.56 Å². The summed E-state index contributed by atoms with van der Waals surface area (Å²) in [5.41, 5.74) is 3.89. The van der Waals surface area contributed by atoms with E-state index in [4.69, 9.17) is 14.6 Å². The Bertz CT molecular complexity index is 898. The van der Waals surface area contributed by atoms with Crippen molar-refractivity contribution in [3.05, 3.63) is 66.4 Å². The number of methoxy groups -OCH3 is 1. The molecule has 1 aliphatic rings. The number of ether oxygens (including phenoxy) is 2. The van der Waals surface area contributed by atoms with Gasteiger partial charge in [-0.25, -0.2) is 4.68 Å². The Hall–Kier alpha value is -3.12. The Morgan fingerprint density at radius 2 is 1.78 bits per heavy atom. The van der Waals surface area contributed by atoms with E-state index in [1.54, 1.807) is 7.11 Å². The molecule has 1 fully saturated rings. The minimum absolute atomic E-state index is 0.714. The molecule has 0 unspecified atom stereocenters. The quantitative estimate of drug-likeness (QED) is 0.654. The van der Waals surface area contributed by atoms with Gasteiger partial charge in [-0.3, -0.25) is 5.01 Å². The van der Waals surface area contributed by atoms with Gasteiger partial charge in [-0.2, -0.15) is 10.2 Å². The molecule has 0 bridgehead atoms. The smallest absolute Gasteiger partial charge is 0.118 e. The molecular formula is C21H22N4O2. The molecule has 1 aromatic heterocycles. The van der Waals surface area contributed by atoms with Crippen LogP contribution in [-0.4, -0.2) is 54.4 Å². The van der Waals surface area contributed by atoms with Gasteiger partial charge < -0.3 is 9.47 Å². The number of morpholine rings is 1. The van der Waals surface area contributed by atoms with Crippen LogP contribution >= 0.6 is 0 Å². The van der Waals surface area contributed by atoms with Crippen molar-refractivity contribution in [1.29, 1.82) is 0 Å². The summed E-state index contributed by atoms with van der Waals surface area (Å²) in [5.74, 6) is 0.824. The van der Waals surface area contributed by atoms with Crippen LogP contribution in [-0.2, 0) is 4.74 Å². The normalized spacial score (nSPS) is 14.6. The van der Waals surface area contributed by atoms with Crippen LogP contribution in [0, 0.1) is 0 Å². The minimum atomic E-state index is 0.714. The summed E-state index contributed by atoms with van der Waals surface area (Å²) < 4.78 is 12.5. The van der Waals surface area contributed by atoms with E-state index in [9.17, 15) is 0 Å².